The number of likely N-dealkylation sites (N-methyl/N-ethyl adjacent to an activating group) is 1. The zero-order valence-electron chi connectivity index (χ0n) is 16.0. The second-order valence-corrected chi connectivity index (χ2v) is 7.41. The monoisotopic (exact) mass is 400 g/mol. The number of carbonyl (C=O) groups excluding carboxylic acids is 2. The minimum absolute atomic E-state index is 0.00728. The standard InChI is InChI=1S/C22H25ClN2O3/c1-24(14-15-28-19-11-9-18(23)10-12-19)22(27)20-8-5-13-25(20)21(26)16-17-6-3-2-4-7-17/h2-4,6-7,9-12,20H,5,8,13-16H2,1H3. The van der Waals surface area contributed by atoms with E-state index in [0.717, 1.165) is 12.0 Å². The Balaban J connectivity index is 1.51. The van der Waals surface area contributed by atoms with Crippen molar-refractivity contribution >= 4 is 23.4 Å². The molecule has 0 radical (unpaired) electrons. The van der Waals surface area contributed by atoms with Crippen LogP contribution < -0.4 is 4.74 Å². The summed E-state index contributed by atoms with van der Waals surface area (Å²) in [7, 11) is 1.76. The van der Waals surface area contributed by atoms with Crippen LogP contribution in [-0.2, 0) is 16.0 Å². The summed E-state index contributed by atoms with van der Waals surface area (Å²) in [5.74, 6) is 0.692. The number of hydrogen-bond acceptors (Lipinski definition) is 3. The Labute approximate surface area is 170 Å². The summed E-state index contributed by atoms with van der Waals surface area (Å²) in [6.07, 6.45) is 1.89. The Morgan fingerprint density at radius 3 is 2.57 bits per heavy atom. The predicted octanol–water partition coefficient (Wildman–Crippen LogP) is 3.41. The first-order valence-electron chi connectivity index (χ1n) is 9.51. The molecule has 0 bridgehead atoms. The van der Waals surface area contributed by atoms with E-state index in [1.807, 2.05) is 30.3 Å². The number of hydrogen-bond donors (Lipinski definition) is 0. The van der Waals surface area contributed by atoms with E-state index in [-0.39, 0.29) is 17.9 Å². The highest BCUT2D eigenvalue weighted by Crippen LogP contribution is 2.21. The number of nitrogens with zero attached hydrogens (tertiary/aromatic N) is 2. The molecule has 0 aliphatic carbocycles. The quantitative estimate of drug-likeness (QED) is 0.715. The molecule has 28 heavy (non-hydrogen) atoms. The fourth-order valence-corrected chi connectivity index (χ4v) is 3.52. The molecule has 0 aromatic heterocycles. The van der Waals surface area contributed by atoms with Crippen molar-refractivity contribution in [3.8, 4) is 5.75 Å². The Kier molecular flexibility index (Phi) is 6.93. The molecule has 1 heterocycles. The maximum atomic E-state index is 12.9. The van der Waals surface area contributed by atoms with Gasteiger partial charge in [-0.2, -0.15) is 0 Å². The number of ether oxygens (including phenoxy) is 1. The van der Waals surface area contributed by atoms with Crippen molar-refractivity contribution in [2.24, 2.45) is 0 Å². The molecular formula is C22H25ClN2O3. The molecule has 1 fully saturated rings. The number of likely N-dealkylation sites (tertiary alicyclic amines) is 1. The lowest BCUT2D eigenvalue weighted by Gasteiger charge is -2.28. The van der Waals surface area contributed by atoms with Crippen LogP contribution in [0.1, 0.15) is 18.4 Å². The molecule has 0 saturated carbocycles. The molecular weight excluding hydrogens is 376 g/mol. The van der Waals surface area contributed by atoms with Gasteiger partial charge in [-0.1, -0.05) is 41.9 Å². The normalized spacial score (nSPS) is 16.1. The number of halogens is 1. The van der Waals surface area contributed by atoms with Crippen molar-refractivity contribution in [3.05, 3.63) is 65.2 Å². The molecule has 1 atom stereocenters. The van der Waals surface area contributed by atoms with E-state index in [4.69, 9.17) is 16.3 Å². The fraction of sp³-hybridized carbons (Fsp3) is 0.364. The lowest BCUT2D eigenvalue weighted by atomic mass is 10.1. The summed E-state index contributed by atoms with van der Waals surface area (Å²) in [5.41, 5.74) is 0.968. The summed E-state index contributed by atoms with van der Waals surface area (Å²) in [6.45, 7) is 1.48. The van der Waals surface area contributed by atoms with Crippen molar-refractivity contribution in [3.63, 3.8) is 0 Å². The van der Waals surface area contributed by atoms with Gasteiger partial charge in [0.25, 0.3) is 0 Å². The molecule has 2 aromatic rings. The van der Waals surface area contributed by atoms with E-state index < -0.39 is 0 Å². The highest BCUT2D eigenvalue weighted by Gasteiger charge is 2.35. The zero-order chi connectivity index (χ0) is 19.9. The van der Waals surface area contributed by atoms with Crippen LogP contribution in [0.25, 0.3) is 0 Å². The summed E-state index contributed by atoms with van der Waals surface area (Å²) < 4.78 is 5.66. The molecule has 1 unspecified atom stereocenters. The molecule has 2 amide bonds. The molecule has 5 nitrogen and oxygen atoms in total. The van der Waals surface area contributed by atoms with Crippen LogP contribution in [0, 0.1) is 0 Å². The summed E-state index contributed by atoms with van der Waals surface area (Å²) >= 11 is 5.86. The smallest absolute Gasteiger partial charge is 0.245 e. The number of benzene rings is 2. The maximum absolute atomic E-state index is 12.9. The zero-order valence-corrected chi connectivity index (χ0v) is 16.8. The van der Waals surface area contributed by atoms with Gasteiger partial charge < -0.3 is 14.5 Å². The molecule has 1 saturated heterocycles. The molecule has 1 aliphatic rings. The van der Waals surface area contributed by atoms with Gasteiger partial charge >= 0.3 is 0 Å². The Hall–Kier alpha value is -2.53. The van der Waals surface area contributed by atoms with Crippen molar-refractivity contribution in [2.75, 3.05) is 26.7 Å². The van der Waals surface area contributed by atoms with Crippen LogP contribution in [0.2, 0.25) is 5.02 Å². The lowest BCUT2D eigenvalue weighted by Crippen LogP contribution is -2.47. The topological polar surface area (TPSA) is 49.9 Å². The summed E-state index contributed by atoms with van der Waals surface area (Å²) in [6, 6.07) is 16.4. The van der Waals surface area contributed by atoms with Gasteiger partial charge in [0.15, 0.2) is 0 Å². The van der Waals surface area contributed by atoms with Gasteiger partial charge in [0.2, 0.25) is 11.8 Å². The molecule has 1 aliphatic heterocycles. The highest BCUT2D eigenvalue weighted by molar-refractivity contribution is 6.30. The van der Waals surface area contributed by atoms with Crippen molar-refractivity contribution in [1.82, 2.24) is 9.80 Å². The molecule has 0 spiro atoms. The van der Waals surface area contributed by atoms with E-state index in [9.17, 15) is 9.59 Å². The Morgan fingerprint density at radius 1 is 1.14 bits per heavy atom. The third-order valence-corrected chi connectivity index (χ3v) is 5.19. The first-order chi connectivity index (χ1) is 13.5. The van der Waals surface area contributed by atoms with Crippen molar-refractivity contribution in [2.45, 2.75) is 25.3 Å². The molecule has 2 aromatic carbocycles. The predicted molar refractivity (Wildman–Crippen MR) is 109 cm³/mol. The van der Waals surface area contributed by atoms with Crippen LogP contribution in [0.3, 0.4) is 0 Å². The number of amides is 2. The molecule has 148 valence electrons. The van der Waals surface area contributed by atoms with E-state index in [2.05, 4.69) is 0 Å². The van der Waals surface area contributed by atoms with E-state index >= 15 is 0 Å². The van der Waals surface area contributed by atoms with Crippen LogP contribution in [-0.4, -0.2) is 54.4 Å². The van der Waals surface area contributed by atoms with Crippen LogP contribution in [0.15, 0.2) is 54.6 Å². The van der Waals surface area contributed by atoms with Crippen LogP contribution in [0.5, 0.6) is 5.75 Å². The lowest BCUT2D eigenvalue weighted by molar-refractivity contribution is -0.142. The third kappa shape index (κ3) is 5.26. The van der Waals surface area contributed by atoms with Gasteiger partial charge in [0, 0.05) is 18.6 Å². The number of carbonyl (C=O) groups is 2. The van der Waals surface area contributed by atoms with E-state index in [0.29, 0.717) is 43.3 Å². The molecule has 6 heteroatoms. The van der Waals surface area contributed by atoms with Crippen LogP contribution >= 0.6 is 11.6 Å². The Bertz CT molecular complexity index is 795. The minimum Gasteiger partial charge on any atom is -0.492 e. The fourth-order valence-electron chi connectivity index (χ4n) is 3.39. The van der Waals surface area contributed by atoms with Gasteiger partial charge in [-0.25, -0.2) is 0 Å². The average molecular weight is 401 g/mol. The van der Waals surface area contributed by atoms with Gasteiger partial charge in [0.05, 0.1) is 13.0 Å². The largest absolute Gasteiger partial charge is 0.492 e. The molecule has 3 rings (SSSR count). The van der Waals surface area contributed by atoms with Crippen LogP contribution in [0.4, 0.5) is 0 Å². The van der Waals surface area contributed by atoms with Gasteiger partial charge in [0.1, 0.15) is 18.4 Å². The summed E-state index contributed by atoms with van der Waals surface area (Å²) in [4.78, 5) is 28.9. The highest BCUT2D eigenvalue weighted by atomic mass is 35.5. The minimum atomic E-state index is -0.378. The first-order valence-corrected chi connectivity index (χ1v) is 9.89. The van der Waals surface area contributed by atoms with E-state index in [1.54, 1.807) is 41.1 Å². The van der Waals surface area contributed by atoms with Gasteiger partial charge in [-0.15, -0.1) is 0 Å². The van der Waals surface area contributed by atoms with E-state index in [1.165, 1.54) is 0 Å². The average Bonchev–Trinajstić information content (AvgIpc) is 3.19. The van der Waals surface area contributed by atoms with Gasteiger partial charge in [-0.3, -0.25) is 9.59 Å². The SMILES string of the molecule is CN(CCOc1ccc(Cl)cc1)C(=O)C1CCCN1C(=O)Cc1ccccc1. The molecule has 0 N–H and O–H groups in total. The summed E-state index contributed by atoms with van der Waals surface area (Å²) in [5, 5.41) is 0.654. The Morgan fingerprint density at radius 2 is 1.86 bits per heavy atom. The second kappa shape index (κ2) is 9.60. The second-order valence-electron chi connectivity index (χ2n) is 6.97. The van der Waals surface area contributed by atoms with Crippen molar-refractivity contribution < 1.29 is 14.3 Å². The number of rotatable bonds is 7. The maximum Gasteiger partial charge on any atom is 0.245 e. The first kappa shape index (κ1) is 20.2. The van der Waals surface area contributed by atoms with Crippen molar-refractivity contribution in [1.29, 1.82) is 0 Å². The van der Waals surface area contributed by atoms with Gasteiger partial charge in [-0.05, 0) is 42.7 Å². The third-order valence-electron chi connectivity index (χ3n) is 4.94.